The summed E-state index contributed by atoms with van der Waals surface area (Å²) in [5.41, 5.74) is 0. The minimum absolute atomic E-state index is 0.0591. The molecule has 0 atom stereocenters. The average molecular weight is 296 g/mol. The number of hydrogen-bond donors (Lipinski definition) is 2. The largest absolute Gasteiger partial charge is 0.356 e. The van der Waals surface area contributed by atoms with E-state index in [1.807, 2.05) is 31.9 Å². The molecule has 0 fully saturated rings. The van der Waals surface area contributed by atoms with Crippen molar-refractivity contribution in [3.8, 4) is 0 Å². The maximum Gasteiger partial charge on any atom is 0.221 e. The van der Waals surface area contributed by atoms with Gasteiger partial charge in [-0.25, -0.2) is 0 Å². The fourth-order valence-corrected chi connectivity index (χ4v) is 2.54. The van der Waals surface area contributed by atoms with Gasteiger partial charge in [0, 0.05) is 38.0 Å². The molecule has 2 N–H and O–H groups in total. The molecule has 1 rings (SSSR count). The average Bonchev–Trinajstić information content (AvgIpc) is 2.86. The Labute approximate surface area is 125 Å². The number of thiophene rings is 1. The van der Waals surface area contributed by atoms with E-state index in [1.54, 1.807) is 18.4 Å². The van der Waals surface area contributed by atoms with Crippen LogP contribution in [-0.4, -0.2) is 43.4 Å². The minimum atomic E-state index is 0.0591. The number of nitrogens with zero attached hydrogens (tertiary/aromatic N) is 2. The van der Waals surface area contributed by atoms with Crippen LogP contribution in [-0.2, 0) is 11.3 Å². The van der Waals surface area contributed by atoms with Crippen molar-refractivity contribution in [1.82, 2.24) is 15.5 Å². The fraction of sp³-hybridized carbons (Fsp3) is 0.571. The van der Waals surface area contributed by atoms with Crippen LogP contribution in [0.25, 0.3) is 0 Å². The second kappa shape index (κ2) is 8.58. The maximum absolute atomic E-state index is 11.5. The maximum atomic E-state index is 11.5. The second-order valence-electron chi connectivity index (χ2n) is 4.88. The Morgan fingerprint density at radius 2 is 2.25 bits per heavy atom. The Balaban J connectivity index is 2.34. The Morgan fingerprint density at radius 1 is 1.50 bits per heavy atom. The smallest absolute Gasteiger partial charge is 0.221 e. The number of carbonyl (C=O) groups excluding carboxylic acids is 1. The van der Waals surface area contributed by atoms with Gasteiger partial charge in [0.2, 0.25) is 5.91 Å². The van der Waals surface area contributed by atoms with Gasteiger partial charge in [-0.05, 0) is 25.3 Å². The van der Waals surface area contributed by atoms with Crippen LogP contribution in [0.3, 0.4) is 0 Å². The highest BCUT2D eigenvalue weighted by molar-refractivity contribution is 7.09. The van der Waals surface area contributed by atoms with E-state index in [2.05, 4.69) is 27.1 Å². The lowest BCUT2D eigenvalue weighted by molar-refractivity contribution is -0.121. The SMILES string of the molecule is CN=C(NCCC(=O)NC(C)C)N(C)Cc1cccs1. The number of carbonyl (C=O) groups is 1. The lowest BCUT2D eigenvalue weighted by Gasteiger charge is -2.21. The highest BCUT2D eigenvalue weighted by Crippen LogP contribution is 2.10. The molecule has 0 unspecified atom stereocenters. The van der Waals surface area contributed by atoms with Crippen LogP contribution in [0.4, 0.5) is 0 Å². The van der Waals surface area contributed by atoms with Gasteiger partial charge in [0.1, 0.15) is 0 Å². The van der Waals surface area contributed by atoms with Gasteiger partial charge >= 0.3 is 0 Å². The van der Waals surface area contributed by atoms with Crippen molar-refractivity contribution < 1.29 is 4.79 Å². The van der Waals surface area contributed by atoms with E-state index in [0.717, 1.165) is 12.5 Å². The molecule has 1 amide bonds. The van der Waals surface area contributed by atoms with Crippen LogP contribution < -0.4 is 10.6 Å². The molecule has 0 aliphatic heterocycles. The molecule has 0 radical (unpaired) electrons. The standard InChI is InChI=1S/C14H24N4OS/c1-11(2)17-13(19)7-8-16-14(15-3)18(4)10-12-6-5-9-20-12/h5-6,9,11H,7-8,10H2,1-4H3,(H,15,16)(H,17,19). The van der Waals surface area contributed by atoms with Crippen LogP contribution in [0.15, 0.2) is 22.5 Å². The highest BCUT2D eigenvalue weighted by atomic mass is 32.1. The van der Waals surface area contributed by atoms with Crippen molar-refractivity contribution >= 4 is 23.2 Å². The predicted octanol–water partition coefficient (Wildman–Crippen LogP) is 1.67. The predicted molar refractivity (Wildman–Crippen MR) is 85.0 cm³/mol. The summed E-state index contributed by atoms with van der Waals surface area (Å²) in [4.78, 5) is 19.1. The van der Waals surface area contributed by atoms with Gasteiger partial charge in [0.05, 0.1) is 6.54 Å². The van der Waals surface area contributed by atoms with Gasteiger partial charge < -0.3 is 15.5 Å². The van der Waals surface area contributed by atoms with Crippen LogP contribution in [0, 0.1) is 0 Å². The number of nitrogens with one attached hydrogen (secondary N) is 2. The molecule has 0 spiro atoms. The lowest BCUT2D eigenvalue weighted by Crippen LogP contribution is -2.40. The molecular weight excluding hydrogens is 272 g/mol. The zero-order chi connectivity index (χ0) is 15.0. The number of aliphatic imine (C=N–C) groups is 1. The highest BCUT2D eigenvalue weighted by Gasteiger charge is 2.08. The third kappa shape index (κ3) is 6.06. The molecule has 0 saturated heterocycles. The Bertz CT molecular complexity index is 428. The summed E-state index contributed by atoms with van der Waals surface area (Å²) >= 11 is 1.73. The van der Waals surface area contributed by atoms with Gasteiger partial charge in [0.25, 0.3) is 0 Å². The Kier molecular flexibility index (Phi) is 7.08. The number of amides is 1. The molecule has 1 aromatic heterocycles. The topological polar surface area (TPSA) is 56.7 Å². The number of rotatable bonds is 6. The Hall–Kier alpha value is -1.56. The third-order valence-corrected chi connectivity index (χ3v) is 3.49. The van der Waals surface area contributed by atoms with E-state index in [9.17, 15) is 4.79 Å². The normalized spacial score (nSPS) is 11.6. The summed E-state index contributed by atoms with van der Waals surface area (Å²) in [5, 5.41) is 8.14. The van der Waals surface area contributed by atoms with E-state index in [0.29, 0.717) is 13.0 Å². The summed E-state index contributed by atoms with van der Waals surface area (Å²) in [7, 11) is 3.74. The van der Waals surface area contributed by atoms with E-state index in [-0.39, 0.29) is 11.9 Å². The lowest BCUT2D eigenvalue weighted by atomic mass is 10.3. The van der Waals surface area contributed by atoms with Crippen LogP contribution in [0.5, 0.6) is 0 Å². The first-order chi connectivity index (χ1) is 9.52. The molecule has 0 aromatic carbocycles. The second-order valence-corrected chi connectivity index (χ2v) is 5.91. The number of guanidine groups is 1. The van der Waals surface area contributed by atoms with Gasteiger partial charge in [-0.1, -0.05) is 6.07 Å². The molecular formula is C14H24N4OS. The van der Waals surface area contributed by atoms with Crippen LogP contribution in [0.1, 0.15) is 25.1 Å². The van der Waals surface area contributed by atoms with Gasteiger partial charge in [-0.3, -0.25) is 9.79 Å². The zero-order valence-corrected chi connectivity index (χ0v) is 13.5. The van der Waals surface area contributed by atoms with E-state index >= 15 is 0 Å². The molecule has 0 saturated carbocycles. The first-order valence-electron chi connectivity index (χ1n) is 6.76. The molecule has 0 bridgehead atoms. The zero-order valence-electron chi connectivity index (χ0n) is 12.6. The van der Waals surface area contributed by atoms with Crippen molar-refractivity contribution in [3.63, 3.8) is 0 Å². The van der Waals surface area contributed by atoms with Crippen molar-refractivity contribution in [3.05, 3.63) is 22.4 Å². The van der Waals surface area contributed by atoms with E-state index in [1.165, 1.54) is 4.88 Å². The molecule has 20 heavy (non-hydrogen) atoms. The molecule has 5 nitrogen and oxygen atoms in total. The molecule has 1 aromatic rings. The fourth-order valence-electron chi connectivity index (χ4n) is 1.78. The van der Waals surface area contributed by atoms with Crippen molar-refractivity contribution in [2.45, 2.75) is 32.9 Å². The van der Waals surface area contributed by atoms with Gasteiger partial charge in [0.15, 0.2) is 5.96 Å². The quantitative estimate of drug-likeness (QED) is 0.620. The van der Waals surface area contributed by atoms with Gasteiger partial charge in [-0.15, -0.1) is 11.3 Å². The summed E-state index contributed by atoms with van der Waals surface area (Å²) in [6.07, 6.45) is 0.448. The first-order valence-corrected chi connectivity index (χ1v) is 7.64. The first kappa shape index (κ1) is 16.5. The van der Waals surface area contributed by atoms with Crippen molar-refractivity contribution in [1.29, 1.82) is 0 Å². The van der Waals surface area contributed by atoms with Crippen molar-refractivity contribution in [2.75, 3.05) is 20.6 Å². The van der Waals surface area contributed by atoms with Crippen LogP contribution in [0.2, 0.25) is 0 Å². The molecule has 0 aliphatic carbocycles. The van der Waals surface area contributed by atoms with Crippen molar-refractivity contribution in [2.24, 2.45) is 4.99 Å². The molecule has 6 heteroatoms. The van der Waals surface area contributed by atoms with E-state index < -0.39 is 0 Å². The van der Waals surface area contributed by atoms with Crippen LogP contribution >= 0.6 is 11.3 Å². The minimum Gasteiger partial charge on any atom is -0.356 e. The van der Waals surface area contributed by atoms with E-state index in [4.69, 9.17) is 0 Å². The number of hydrogen-bond acceptors (Lipinski definition) is 3. The molecule has 0 aliphatic rings. The summed E-state index contributed by atoms with van der Waals surface area (Å²) in [6, 6.07) is 4.33. The molecule has 1 heterocycles. The summed E-state index contributed by atoms with van der Waals surface area (Å²) < 4.78 is 0. The van der Waals surface area contributed by atoms with Gasteiger partial charge in [-0.2, -0.15) is 0 Å². The molecule has 112 valence electrons. The monoisotopic (exact) mass is 296 g/mol. The third-order valence-electron chi connectivity index (χ3n) is 2.63. The summed E-state index contributed by atoms with van der Waals surface area (Å²) in [6.45, 7) is 5.31. The summed E-state index contributed by atoms with van der Waals surface area (Å²) in [5.74, 6) is 0.861. The Morgan fingerprint density at radius 3 is 2.80 bits per heavy atom.